The molecule has 0 bridgehead atoms. The van der Waals surface area contributed by atoms with Crippen LogP contribution in [0.25, 0.3) is 0 Å². The van der Waals surface area contributed by atoms with Gasteiger partial charge in [-0.3, -0.25) is 9.52 Å². The molecule has 2 rings (SSSR count). The lowest BCUT2D eigenvalue weighted by Gasteiger charge is -2.11. The Morgan fingerprint density at radius 2 is 1.50 bits per heavy atom. The van der Waals surface area contributed by atoms with Crippen LogP contribution in [0.2, 0.25) is 0 Å². The number of amides is 1. The summed E-state index contributed by atoms with van der Waals surface area (Å²) in [6.07, 6.45) is 0. The molecular formula is C16H18N2O3S. The van der Waals surface area contributed by atoms with Crippen LogP contribution in [0.3, 0.4) is 0 Å². The zero-order valence-corrected chi connectivity index (χ0v) is 13.5. The van der Waals surface area contributed by atoms with Crippen LogP contribution in [-0.4, -0.2) is 33.3 Å². The Bertz CT molecular complexity index is 764. The van der Waals surface area contributed by atoms with Gasteiger partial charge in [-0.15, -0.1) is 0 Å². The molecule has 2 aromatic carbocycles. The van der Waals surface area contributed by atoms with Crippen molar-refractivity contribution in [2.45, 2.75) is 11.8 Å². The molecule has 0 atom stereocenters. The molecule has 5 nitrogen and oxygen atoms in total. The predicted octanol–water partition coefficient (Wildman–Crippen LogP) is 2.50. The van der Waals surface area contributed by atoms with Gasteiger partial charge < -0.3 is 4.90 Å². The molecule has 0 fully saturated rings. The van der Waals surface area contributed by atoms with Crippen molar-refractivity contribution in [2.75, 3.05) is 18.8 Å². The van der Waals surface area contributed by atoms with Crippen molar-refractivity contribution in [3.63, 3.8) is 0 Å². The summed E-state index contributed by atoms with van der Waals surface area (Å²) in [5, 5.41) is 0. The zero-order valence-electron chi connectivity index (χ0n) is 12.7. The highest BCUT2D eigenvalue weighted by Gasteiger charge is 2.15. The number of nitrogens with zero attached hydrogens (tertiary/aromatic N) is 1. The van der Waals surface area contributed by atoms with Gasteiger partial charge in [0, 0.05) is 25.3 Å². The van der Waals surface area contributed by atoms with Crippen molar-refractivity contribution < 1.29 is 13.2 Å². The van der Waals surface area contributed by atoms with E-state index in [0.29, 0.717) is 11.3 Å². The fraction of sp³-hybridized carbons (Fsp3) is 0.188. The maximum Gasteiger partial charge on any atom is 0.261 e. The van der Waals surface area contributed by atoms with E-state index in [4.69, 9.17) is 0 Å². The van der Waals surface area contributed by atoms with E-state index in [1.807, 2.05) is 19.1 Å². The molecule has 1 amide bonds. The maximum absolute atomic E-state index is 12.3. The molecular weight excluding hydrogens is 300 g/mol. The minimum atomic E-state index is -3.66. The number of hydrogen-bond donors (Lipinski definition) is 1. The molecule has 22 heavy (non-hydrogen) atoms. The summed E-state index contributed by atoms with van der Waals surface area (Å²) >= 11 is 0. The first-order chi connectivity index (χ1) is 10.3. The Morgan fingerprint density at radius 1 is 0.955 bits per heavy atom. The highest BCUT2D eigenvalue weighted by molar-refractivity contribution is 7.92. The third-order valence-electron chi connectivity index (χ3n) is 3.12. The van der Waals surface area contributed by atoms with E-state index in [1.165, 1.54) is 29.2 Å². The summed E-state index contributed by atoms with van der Waals surface area (Å²) in [5.74, 6) is -0.171. The average Bonchev–Trinajstić information content (AvgIpc) is 2.48. The lowest BCUT2D eigenvalue weighted by molar-refractivity contribution is 0.0827. The van der Waals surface area contributed by atoms with Crippen LogP contribution in [0.1, 0.15) is 15.9 Å². The second kappa shape index (κ2) is 6.19. The zero-order chi connectivity index (χ0) is 16.3. The van der Waals surface area contributed by atoms with E-state index < -0.39 is 10.0 Å². The molecule has 0 heterocycles. The largest absolute Gasteiger partial charge is 0.345 e. The van der Waals surface area contributed by atoms with Crippen molar-refractivity contribution in [1.82, 2.24) is 4.90 Å². The Balaban J connectivity index is 2.22. The molecule has 0 saturated carbocycles. The van der Waals surface area contributed by atoms with Gasteiger partial charge >= 0.3 is 0 Å². The molecule has 6 heteroatoms. The Morgan fingerprint density at radius 3 is 2.00 bits per heavy atom. The Hall–Kier alpha value is -2.34. The molecule has 1 N–H and O–H groups in total. The number of carbonyl (C=O) groups is 1. The molecule has 116 valence electrons. The molecule has 0 spiro atoms. The van der Waals surface area contributed by atoms with Crippen molar-refractivity contribution in [3.05, 3.63) is 59.7 Å². The summed E-state index contributed by atoms with van der Waals surface area (Å²) in [4.78, 5) is 13.3. The summed E-state index contributed by atoms with van der Waals surface area (Å²) in [6.45, 7) is 1.93. The lowest BCUT2D eigenvalue weighted by Crippen LogP contribution is -2.21. The number of carbonyl (C=O) groups excluding carboxylic acids is 1. The summed E-state index contributed by atoms with van der Waals surface area (Å²) in [6, 6.07) is 12.9. The van der Waals surface area contributed by atoms with Crippen LogP contribution in [0.4, 0.5) is 5.69 Å². The van der Waals surface area contributed by atoms with Crippen LogP contribution < -0.4 is 4.72 Å². The SMILES string of the molecule is Cc1ccc(NS(=O)(=O)c2ccc(C(=O)N(C)C)cc2)cc1. The highest BCUT2D eigenvalue weighted by Crippen LogP contribution is 2.17. The number of rotatable bonds is 4. The van der Waals surface area contributed by atoms with E-state index in [9.17, 15) is 13.2 Å². The van der Waals surface area contributed by atoms with Gasteiger partial charge in [-0.1, -0.05) is 17.7 Å². The minimum absolute atomic E-state index is 0.114. The molecule has 0 aliphatic heterocycles. The van der Waals surface area contributed by atoms with Crippen molar-refractivity contribution >= 4 is 21.6 Å². The number of hydrogen-bond acceptors (Lipinski definition) is 3. The molecule has 0 saturated heterocycles. The summed E-state index contributed by atoms with van der Waals surface area (Å²) in [5.41, 5.74) is 1.99. The number of anilines is 1. The summed E-state index contributed by atoms with van der Waals surface area (Å²) < 4.78 is 27.1. The quantitative estimate of drug-likeness (QED) is 0.942. The lowest BCUT2D eigenvalue weighted by atomic mass is 10.2. The molecule has 0 unspecified atom stereocenters. The van der Waals surface area contributed by atoms with Crippen molar-refractivity contribution in [3.8, 4) is 0 Å². The van der Waals surface area contributed by atoms with Crippen molar-refractivity contribution in [2.24, 2.45) is 0 Å². The topological polar surface area (TPSA) is 66.5 Å². The van der Waals surface area contributed by atoms with Crippen LogP contribution >= 0.6 is 0 Å². The number of sulfonamides is 1. The predicted molar refractivity (Wildman–Crippen MR) is 86.4 cm³/mol. The van der Waals surface area contributed by atoms with Gasteiger partial charge in [0.15, 0.2) is 0 Å². The van der Waals surface area contributed by atoms with Crippen LogP contribution in [0.15, 0.2) is 53.4 Å². The van der Waals surface area contributed by atoms with E-state index in [-0.39, 0.29) is 10.8 Å². The number of benzene rings is 2. The van der Waals surface area contributed by atoms with Gasteiger partial charge in [-0.2, -0.15) is 0 Å². The van der Waals surface area contributed by atoms with Crippen molar-refractivity contribution in [1.29, 1.82) is 0 Å². The molecule has 0 aliphatic carbocycles. The van der Waals surface area contributed by atoms with Gasteiger partial charge in [0.25, 0.3) is 15.9 Å². The van der Waals surface area contributed by atoms with Gasteiger partial charge in [0.05, 0.1) is 4.90 Å². The maximum atomic E-state index is 12.3. The third kappa shape index (κ3) is 3.65. The number of aryl methyl sites for hydroxylation is 1. The smallest absolute Gasteiger partial charge is 0.261 e. The Labute approximate surface area is 130 Å². The first-order valence-corrected chi connectivity index (χ1v) is 8.19. The standard InChI is InChI=1S/C16H18N2O3S/c1-12-4-8-14(9-5-12)17-22(20,21)15-10-6-13(7-11-15)16(19)18(2)3/h4-11,17H,1-3H3. The molecule has 0 aliphatic rings. The fourth-order valence-corrected chi connectivity index (χ4v) is 2.93. The first kappa shape index (κ1) is 16.0. The molecule has 0 aromatic heterocycles. The van der Waals surface area contributed by atoms with E-state index in [0.717, 1.165) is 5.56 Å². The Kier molecular flexibility index (Phi) is 4.51. The van der Waals surface area contributed by atoms with E-state index in [2.05, 4.69) is 4.72 Å². The molecule has 2 aromatic rings. The molecule has 0 radical (unpaired) electrons. The van der Waals surface area contributed by atoms with E-state index >= 15 is 0 Å². The second-order valence-electron chi connectivity index (χ2n) is 5.20. The number of nitrogens with one attached hydrogen (secondary N) is 1. The average molecular weight is 318 g/mol. The fourth-order valence-electron chi connectivity index (χ4n) is 1.87. The monoisotopic (exact) mass is 318 g/mol. The second-order valence-corrected chi connectivity index (χ2v) is 6.88. The van der Waals surface area contributed by atoms with Gasteiger partial charge in [0.1, 0.15) is 0 Å². The van der Waals surface area contributed by atoms with Crippen LogP contribution in [-0.2, 0) is 10.0 Å². The van der Waals surface area contributed by atoms with E-state index in [1.54, 1.807) is 26.2 Å². The van der Waals surface area contributed by atoms with Crippen LogP contribution in [0.5, 0.6) is 0 Å². The first-order valence-electron chi connectivity index (χ1n) is 6.71. The third-order valence-corrected chi connectivity index (χ3v) is 4.52. The van der Waals surface area contributed by atoms with Crippen LogP contribution in [0, 0.1) is 6.92 Å². The van der Waals surface area contributed by atoms with Gasteiger partial charge in [-0.05, 0) is 43.3 Å². The van der Waals surface area contributed by atoms with Gasteiger partial charge in [0.2, 0.25) is 0 Å². The normalized spacial score (nSPS) is 11.0. The minimum Gasteiger partial charge on any atom is -0.345 e. The summed E-state index contributed by atoms with van der Waals surface area (Å²) in [7, 11) is -0.374. The van der Waals surface area contributed by atoms with Gasteiger partial charge in [-0.25, -0.2) is 8.42 Å². The highest BCUT2D eigenvalue weighted by atomic mass is 32.2.